The summed E-state index contributed by atoms with van der Waals surface area (Å²) in [5.41, 5.74) is -0.198. The molecule has 0 saturated carbocycles. The van der Waals surface area contributed by atoms with E-state index in [1.54, 1.807) is 0 Å². The number of hydrogen-bond acceptors (Lipinski definition) is 3. The van der Waals surface area contributed by atoms with Gasteiger partial charge in [-0.1, -0.05) is 13.1 Å². The Morgan fingerprint density at radius 3 is 2.67 bits per heavy atom. The molecule has 106 valence electrons. The molecule has 0 aromatic carbocycles. The zero-order valence-corrected chi connectivity index (χ0v) is 15.9. The predicted molar refractivity (Wildman–Crippen MR) is 72.3 cm³/mol. The van der Waals surface area contributed by atoms with Crippen LogP contribution in [-0.2, 0) is 35.3 Å². The Morgan fingerprint density at radius 2 is 2.06 bits per heavy atom. The second kappa shape index (κ2) is 7.69. The third kappa shape index (κ3) is 3.55. The monoisotopic (exact) mass is 444 g/mol. The first-order chi connectivity index (χ1) is 7.58. The van der Waals surface area contributed by atoms with Crippen LogP contribution in [0.4, 0.5) is 0 Å². The average molecular weight is 444 g/mol. The summed E-state index contributed by atoms with van der Waals surface area (Å²) >= 11 is 0. The summed E-state index contributed by atoms with van der Waals surface area (Å²) in [6.07, 6.45) is 1.13. The van der Waals surface area contributed by atoms with Crippen molar-refractivity contribution >= 4 is 8.58 Å². The molecule has 0 N–H and O–H groups in total. The van der Waals surface area contributed by atoms with Crippen molar-refractivity contribution in [1.82, 2.24) is 0 Å². The van der Waals surface area contributed by atoms with E-state index in [1.807, 2.05) is 13.5 Å². The third-order valence-corrected chi connectivity index (χ3v) is 4.82. The zero-order valence-electron chi connectivity index (χ0n) is 11.9. The van der Waals surface area contributed by atoms with Gasteiger partial charge in [0, 0.05) is 0 Å². The summed E-state index contributed by atoms with van der Waals surface area (Å²) in [5.74, 6) is 1.000. The molecular weight excluding hydrogens is 419 g/mol. The van der Waals surface area contributed by atoms with Gasteiger partial charge in [-0.2, -0.15) is 0 Å². The normalized spacial score (nSPS) is 44.0. The van der Waals surface area contributed by atoms with Gasteiger partial charge in [-0.25, -0.2) is 6.61 Å². The number of rotatable bonds is 2. The molecule has 2 rings (SSSR count). The maximum absolute atomic E-state index is 6.00. The van der Waals surface area contributed by atoms with Gasteiger partial charge >= 0.3 is 21.1 Å². The van der Waals surface area contributed by atoms with Gasteiger partial charge in [0.25, 0.3) is 0 Å². The smallest absolute Gasteiger partial charge is 0.546 e. The van der Waals surface area contributed by atoms with E-state index in [2.05, 4.69) is 20.5 Å². The Kier molecular flexibility index (Phi) is 8.12. The van der Waals surface area contributed by atoms with E-state index in [0.29, 0.717) is 18.4 Å². The van der Waals surface area contributed by atoms with E-state index in [-0.39, 0.29) is 46.5 Å². The minimum Gasteiger partial charge on any atom is -0.546 e. The summed E-state index contributed by atoms with van der Waals surface area (Å²) in [6, 6.07) is 0. The van der Waals surface area contributed by atoms with Gasteiger partial charge in [-0.05, 0) is 26.4 Å². The molecule has 0 amide bonds. The number of fused-ring (bicyclic) bond motifs is 1. The van der Waals surface area contributed by atoms with Crippen LogP contribution in [0.1, 0.15) is 20.8 Å². The summed E-state index contributed by atoms with van der Waals surface area (Å²) in [5, 5.41) is 0. The third-order valence-electron chi connectivity index (χ3n) is 3.95. The van der Waals surface area contributed by atoms with E-state index in [4.69, 9.17) is 14.2 Å². The molecule has 2 fully saturated rings. The van der Waals surface area contributed by atoms with Crippen LogP contribution in [0.2, 0.25) is 0 Å². The molecule has 2 aliphatic rings. The molecule has 6 unspecified atom stereocenters. The quantitative estimate of drug-likeness (QED) is 0.485. The van der Waals surface area contributed by atoms with Gasteiger partial charge in [0.1, 0.15) is 0 Å². The molecule has 0 aromatic heterocycles. The van der Waals surface area contributed by atoms with Crippen LogP contribution >= 0.6 is 8.58 Å². The van der Waals surface area contributed by atoms with Crippen LogP contribution in [-0.4, -0.2) is 37.4 Å². The minimum atomic E-state index is -0.198. The van der Waals surface area contributed by atoms with Gasteiger partial charge in [0.2, 0.25) is 0 Å². The van der Waals surface area contributed by atoms with Gasteiger partial charge < -0.3 is 21.6 Å². The Labute approximate surface area is 128 Å². The average Bonchev–Trinajstić information content (AvgIpc) is 2.24. The fraction of sp³-hybridized carbons (Fsp3) is 0.846. The Balaban J connectivity index is 0.00000144. The molecule has 5 heteroatoms. The number of hydrogen-bond donors (Lipinski definition) is 0. The van der Waals surface area contributed by atoms with Gasteiger partial charge in [-0.15, -0.1) is 14.5 Å². The molecule has 3 nitrogen and oxygen atoms in total. The maximum Gasteiger partial charge on any atom is 2.00 e. The first-order valence-corrected chi connectivity index (χ1v) is 7.71. The molecule has 0 aliphatic carbocycles. The van der Waals surface area contributed by atoms with E-state index < -0.39 is 0 Å². The van der Waals surface area contributed by atoms with Crippen molar-refractivity contribution in [2.75, 3.05) is 19.4 Å². The molecule has 2 heterocycles. The fourth-order valence-corrected chi connectivity index (χ4v) is 3.55. The molecule has 18 heavy (non-hydrogen) atoms. The van der Waals surface area contributed by atoms with Crippen LogP contribution in [0.3, 0.4) is 0 Å². The van der Waals surface area contributed by atoms with Crippen LogP contribution in [0.25, 0.3) is 0 Å². The molecule has 2 aliphatic heterocycles. The molecule has 0 radical (unpaired) electrons. The van der Waals surface area contributed by atoms with Gasteiger partial charge in [0.15, 0.2) is 6.29 Å². The van der Waals surface area contributed by atoms with Crippen molar-refractivity contribution in [2.24, 2.45) is 11.8 Å². The van der Waals surface area contributed by atoms with Crippen molar-refractivity contribution in [3.63, 3.8) is 0 Å². The molecule has 2 saturated heterocycles. The summed E-state index contributed by atoms with van der Waals surface area (Å²) in [4.78, 5) is 0. The van der Waals surface area contributed by atoms with Gasteiger partial charge in [0.05, 0.1) is 18.3 Å². The Bertz CT molecular complexity index is 254. The zero-order chi connectivity index (χ0) is 11.8. The van der Waals surface area contributed by atoms with Crippen molar-refractivity contribution in [3.8, 4) is 0 Å². The minimum absolute atomic E-state index is 0. The van der Waals surface area contributed by atoms with Crippen LogP contribution in [0.15, 0.2) is 0 Å². The molecule has 0 aromatic rings. The second-order valence-corrected chi connectivity index (χ2v) is 6.09. The molecule has 6 atom stereocenters. The predicted octanol–water partition coefficient (Wildman–Crippen LogP) is 2.71. The largest absolute Gasteiger partial charge is 2.00 e. The van der Waals surface area contributed by atoms with Crippen LogP contribution < -0.4 is 0 Å². The first-order valence-electron chi connectivity index (χ1n) is 6.00. The molecule has 0 spiro atoms. The first kappa shape index (κ1) is 19.0. The van der Waals surface area contributed by atoms with E-state index >= 15 is 0 Å². The Morgan fingerprint density at radius 1 is 1.39 bits per heavy atom. The van der Waals surface area contributed by atoms with E-state index in [1.165, 1.54) is 6.16 Å². The standard InChI is InChI=1S/C12H22O3P.CH3.W/c1-8-10(7-16-4)5-14-11-6-13-9(2)15-12(8,11)3;;/h5,8-11,16H,6-7H2,1-4H3;1H3;/q2*-1;+2. The van der Waals surface area contributed by atoms with Gasteiger partial charge in [-0.3, -0.25) is 0 Å². The second-order valence-electron chi connectivity index (χ2n) is 4.97. The summed E-state index contributed by atoms with van der Waals surface area (Å²) in [6.45, 7) is 11.3. The van der Waals surface area contributed by atoms with E-state index in [0.717, 1.165) is 8.58 Å². The van der Waals surface area contributed by atoms with Crippen molar-refractivity contribution < 1.29 is 35.3 Å². The van der Waals surface area contributed by atoms with Crippen molar-refractivity contribution in [2.45, 2.75) is 38.8 Å². The van der Waals surface area contributed by atoms with Crippen molar-refractivity contribution in [1.29, 1.82) is 0 Å². The Hall–Kier alpha value is 0.998. The molecular formula is C13H25O3PW. The molecule has 0 bridgehead atoms. The topological polar surface area (TPSA) is 27.7 Å². The summed E-state index contributed by atoms with van der Waals surface area (Å²) in [7, 11) is 0.959. The van der Waals surface area contributed by atoms with Crippen LogP contribution in [0.5, 0.6) is 0 Å². The van der Waals surface area contributed by atoms with Crippen molar-refractivity contribution in [3.05, 3.63) is 14.0 Å². The summed E-state index contributed by atoms with van der Waals surface area (Å²) < 4.78 is 17.3. The van der Waals surface area contributed by atoms with E-state index in [9.17, 15) is 0 Å². The number of ether oxygens (including phenoxy) is 3. The SMILES string of the molecule is CPCC1[CH-]OC2COC(C)OC2(C)C1C.[CH3-].[W+2]. The maximum atomic E-state index is 6.00. The van der Waals surface area contributed by atoms with Crippen LogP contribution in [0, 0.1) is 25.9 Å². The fourth-order valence-electron chi connectivity index (χ4n) is 2.63.